The molecule has 18 heteroatoms. The maximum atomic E-state index is 12.1. The summed E-state index contributed by atoms with van der Waals surface area (Å²) in [7, 11) is 0. The molecule has 5 heterocycles. The predicted molar refractivity (Wildman–Crippen MR) is 220 cm³/mol. The highest BCUT2D eigenvalue weighted by atomic mass is 16.8. The van der Waals surface area contributed by atoms with E-state index in [1.165, 1.54) is 19.4 Å². The van der Waals surface area contributed by atoms with E-state index in [-0.39, 0.29) is 29.6 Å². The van der Waals surface area contributed by atoms with Gasteiger partial charge >= 0.3 is 0 Å². The zero-order chi connectivity index (χ0) is 44.9. The summed E-state index contributed by atoms with van der Waals surface area (Å²) in [5.74, 6) is 2.57. The van der Waals surface area contributed by atoms with E-state index >= 15 is 0 Å². The van der Waals surface area contributed by atoms with Gasteiger partial charge in [0.15, 0.2) is 24.7 Å². The molecule has 0 aromatic carbocycles. The largest absolute Gasteiger partial charge is 0.388 e. The molecule has 4 aliphatic carbocycles. The van der Waals surface area contributed by atoms with E-state index < -0.39 is 97.9 Å². The molecular formula is C45H71N3O15. The Morgan fingerprint density at radius 2 is 1.41 bits per heavy atom. The summed E-state index contributed by atoms with van der Waals surface area (Å²) in [5.41, 5.74) is 10.8. The topological polar surface area (TPSA) is 264 Å². The van der Waals surface area contributed by atoms with Gasteiger partial charge in [-0.05, 0) is 111 Å². The van der Waals surface area contributed by atoms with Crippen LogP contribution in [0, 0.1) is 46.3 Å². The van der Waals surface area contributed by atoms with Gasteiger partial charge in [0, 0.05) is 17.3 Å². The lowest BCUT2D eigenvalue weighted by Crippen LogP contribution is -2.66. The third kappa shape index (κ3) is 7.83. The van der Waals surface area contributed by atoms with E-state index in [2.05, 4.69) is 43.8 Å². The first kappa shape index (κ1) is 46.6. The fourth-order valence-corrected chi connectivity index (χ4v) is 14.1. The molecule has 356 valence electrons. The van der Waals surface area contributed by atoms with Crippen LogP contribution in [0.2, 0.25) is 0 Å². The van der Waals surface area contributed by atoms with Crippen LogP contribution in [0.3, 0.4) is 0 Å². The Morgan fingerprint density at radius 1 is 0.746 bits per heavy atom. The van der Waals surface area contributed by atoms with Crippen molar-refractivity contribution in [3.05, 3.63) is 22.1 Å². The number of aliphatic hydroxyl groups is 7. The third-order valence-corrected chi connectivity index (χ3v) is 17.8. The fourth-order valence-electron chi connectivity index (χ4n) is 14.1. The summed E-state index contributed by atoms with van der Waals surface area (Å²) < 4.78 is 50.5. The number of allylic oxidation sites excluding steroid dienone is 1. The van der Waals surface area contributed by atoms with Crippen LogP contribution in [0.5, 0.6) is 0 Å². The second-order valence-electron chi connectivity index (χ2n) is 21.3. The number of rotatable bonds is 8. The van der Waals surface area contributed by atoms with E-state index in [4.69, 9.17) is 37.9 Å². The highest BCUT2D eigenvalue weighted by Gasteiger charge is 2.69. The first-order valence-electron chi connectivity index (χ1n) is 23.6. The minimum atomic E-state index is -1.73. The van der Waals surface area contributed by atoms with Gasteiger partial charge in [0.05, 0.1) is 43.7 Å². The lowest BCUT2D eigenvalue weighted by molar-refractivity contribution is -0.386. The van der Waals surface area contributed by atoms with Gasteiger partial charge in [-0.3, -0.25) is 0 Å². The molecule has 0 amide bonds. The van der Waals surface area contributed by atoms with Gasteiger partial charge in [0.25, 0.3) is 0 Å². The van der Waals surface area contributed by atoms with Gasteiger partial charge in [-0.2, -0.15) is 0 Å². The summed E-state index contributed by atoms with van der Waals surface area (Å²) in [6.45, 7) is 13.0. The lowest BCUT2D eigenvalue weighted by Gasteiger charge is -2.59. The molecule has 1 spiro atoms. The zero-order valence-corrected chi connectivity index (χ0v) is 37.4. The van der Waals surface area contributed by atoms with Crippen LogP contribution in [0.4, 0.5) is 0 Å². The van der Waals surface area contributed by atoms with E-state index in [0.29, 0.717) is 48.3 Å². The Morgan fingerprint density at radius 3 is 2.05 bits per heavy atom. The number of azide groups is 1. The van der Waals surface area contributed by atoms with Crippen molar-refractivity contribution in [1.29, 1.82) is 0 Å². The van der Waals surface area contributed by atoms with Crippen molar-refractivity contribution in [3.8, 4) is 0 Å². The van der Waals surface area contributed by atoms with Crippen LogP contribution >= 0.6 is 0 Å². The Hall–Kier alpha value is -1.55. The van der Waals surface area contributed by atoms with E-state index in [1.807, 2.05) is 0 Å². The van der Waals surface area contributed by atoms with Crippen molar-refractivity contribution in [2.24, 2.45) is 51.5 Å². The van der Waals surface area contributed by atoms with Gasteiger partial charge < -0.3 is 73.6 Å². The second-order valence-corrected chi connectivity index (χ2v) is 21.3. The molecule has 0 aromatic heterocycles. The lowest BCUT2D eigenvalue weighted by atomic mass is 9.47. The predicted octanol–water partition coefficient (Wildman–Crippen LogP) is 2.56. The van der Waals surface area contributed by atoms with Crippen LogP contribution in [0.25, 0.3) is 10.4 Å². The first-order valence-corrected chi connectivity index (χ1v) is 23.6. The molecule has 1 unspecified atom stereocenters. The average Bonchev–Trinajstić information content (AvgIpc) is 3.71. The highest BCUT2D eigenvalue weighted by Crippen LogP contribution is 2.70. The molecule has 5 saturated heterocycles. The van der Waals surface area contributed by atoms with E-state index in [9.17, 15) is 41.3 Å². The molecule has 18 nitrogen and oxygen atoms in total. The number of aliphatic hydroxyl groups excluding tert-OH is 7. The first-order chi connectivity index (χ1) is 29.9. The SMILES string of the molecule is C[C@H]1CC[C@@]2(OC1)O[C@H]1CC3[C@@H]4CC=C5C[C@@H](O[C@@H]6O[C@H](CN=[N+]=[N-])[C@@H](O[C@H]7O[C@H](C)[C@@H](O)[C@H](O)[C@@H]7O)[C@H](O)[C@H]6O[C@H]6O[C@H](C)[C@@H](O)[C@H](O)[C@@H]6O)CC[C@]5(C)[C@H]4CC[C@]3(C)[C@H]1[C@@H]2C. The molecule has 0 aromatic rings. The number of ether oxygens (including phenoxy) is 8. The van der Waals surface area contributed by atoms with E-state index in [1.54, 1.807) is 0 Å². The van der Waals surface area contributed by atoms with Crippen molar-refractivity contribution in [1.82, 2.24) is 0 Å². The van der Waals surface area contributed by atoms with Gasteiger partial charge in [-0.25, -0.2) is 0 Å². The molecular weight excluding hydrogens is 823 g/mol. The molecule has 26 atom stereocenters. The normalized spacial score (nSPS) is 56.7. The van der Waals surface area contributed by atoms with Crippen molar-refractivity contribution >= 4 is 0 Å². The summed E-state index contributed by atoms with van der Waals surface area (Å²) in [6, 6.07) is 0. The summed E-state index contributed by atoms with van der Waals surface area (Å²) in [6.07, 6.45) is -10.7. The second kappa shape index (κ2) is 17.5. The van der Waals surface area contributed by atoms with Crippen molar-refractivity contribution in [3.63, 3.8) is 0 Å². The standard InChI is InChI=1S/C45H71N3O15/c1-19-9-14-45(56-18-19)20(2)30-28(63-45)16-27-25-8-7-23-15-24(10-12-43(23,5)26(25)11-13-44(27,30)6)59-42-39(62-41-36(54)34(52)32(50)22(4)58-41)37(55)38(29(60-42)17-47-48-46)61-40-35(53)33(51)31(49)21(3)57-40/h7,19-22,24-42,49-55H,8-18H2,1-6H3/t19-,20-,21+,22+,24-,25+,26-,27?,28-,29+,30-,31+,32+,33-,34-,35-,36-,37-,38+,39+,40+,41+,42+,43-,44-,45+/m0/s1. The van der Waals surface area contributed by atoms with Crippen LogP contribution in [0.1, 0.15) is 99.3 Å². The van der Waals surface area contributed by atoms with Crippen LogP contribution in [0.15, 0.2) is 16.8 Å². The summed E-state index contributed by atoms with van der Waals surface area (Å²) in [4.78, 5) is 2.88. The summed E-state index contributed by atoms with van der Waals surface area (Å²) in [5, 5.41) is 79.5. The van der Waals surface area contributed by atoms with Crippen LogP contribution in [-0.4, -0.2) is 159 Å². The molecule has 9 aliphatic rings. The van der Waals surface area contributed by atoms with Gasteiger partial charge in [0.1, 0.15) is 54.9 Å². The van der Waals surface area contributed by atoms with E-state index in [0.717, 1.165) is 51.6 Å². The maximum absolute atomic E-state index is 12.1. The average molecular weight is 894 g/mol. The Balaban J connectivity index is 0.934. The zero-order valence-electron chi connectivity index (χ0n) is 37.4. The van der Waals surface area contributed by atoms with Crippen molar-refractivity contribution < 1.29 is 73.6 Å². The minimum Gasteiger partial charge on any atom is -0.388 e. The molecule has 7 N–H and O–H groups in total. The van der Waals surface area contributed by atoms with Crippen LogP contribution < -0.4 is 0 Å². The van der Waals surface area contributed by atoms with Crippen molar-refractivity contribution in [2.75, 3.05) is 13.2 Å². The van der Waals surface area contributed by atoms with Gasteiger partial charge in [0.2, 0.25) is 0 Å². The maximum Gasteiger partial charge on any atom is 0.187 e. The summed E-state index contributed by atoms with van der Waals surface area (Å²) >= 11 is 0. The molecule has 0 radical (unpaired) electrons. The number of nitrogens with zero attached hydrogens (tertiary/aromatic N) is 3. The van der Waals surface area contributed by atoms with Crippen molar-refractivity contribution in [2.45, 2.75) is 209 Å². The minimum absolute atomic E-state index is 0.0345. The Labute approximate surface area is 369 Å². The van der Waals surface area contributed by atoms with Gasteiger partial charge in [-0.15, -0.1) is 0 Å². The molecule has 5 aliphatic heterocycles. The fraction of sp³-hybridized carbons (Fsp3) is 0.956. The molecule has 3 saturated carbocycles. The number of fused-ring (bicyclic) bond motifs is 7. The van der Waals surface area contributed by atoms with Gasteiger partial charge in [-0.1, -0.05) is 44.5 Å². The smallest absolute Gasteiger partial charge is 0.187 e. The molecule has 63 heavy (non-hydrogen) atoms. The molecule has 0 bridgehead atoms. The third-order valence-electron chi connectivity index (χ3n) is 17.8. The monoisotopic (exact) mass is 893 g/mol. The Kier molecular flexibility index (Phi) is 12.9. The highest BCUT2D eigenvalue weighted by molar-refractivity contribution is 5.26. The molecule has 9 rings (SSSR count). The van der Waals surface area contributed by atoms with Crippen LogP contribution in [-0.2, 0) is 37.9 Å². The molecule has 8 fully saturated rings. The number of hydrogen-bond acceptors (Lipinski definition) is 16. The Bertz CT molecular complexity index is 1730. The number of hydrogen-bond donors (Lipinski definition) is 7. The quantitative estimate of drug-likeness (QED) is 0.0800.